The molecule has 2 heterocycles. The van der Waals surface area contributed by atoms with Crippen molar-refractivity contribution in [3.05, 3.63) is 28.8 Å². The highest BCUT2D eigenvalue weighted by atomic mass is 35.5. The van der Waals surface area contributed by atoms with Gasteiger partial charge in [-0.05, 0) is 49.8 Å². The molecule has 0 radical (unpaired) electrons. The molecule has 2 fully saturated rings. The van der Waals surface area contributed by atoms with Crippen LogP contribution in [-0.4, -0.2) is 50.8 Å². The predicted octanol–water partition coefficient (Wildman–Crippen LogP) is 3.44. The van der Waals surface area contributed by atoms with E-state index in [2.05, 4.69) is 11.8 Å². The van der Waals surface area contributed by atoms with E-state index in [1.807, 2.05) is 18.2 Å². The molecule has 5 nitrogen and oxygen atoms in total. The van der Waals surface area contributed by atoms with Gasteiger partial charge in [0.05, 0.1) is 13.7 Å². The van der Waals surface area contributed by atoms with Gasteiger partial charge in [-0.15, -0.1) is 0 Å². The number of ether oxygens (including phenoxy) is 2. The van der Waals surface area contributed by atoms with Crippen LogP contribution in [-0.2, 0) is 10.2 Å². The van der Waals surface area contributed by atoms with Crippen LogP contribution in [0, 0.1) is 5.92 Å². The van der Waals surface area contributed by atoms with Crippen molar-refractivity contribution in [2.75, 3.05) is 40.0 Å². The van der Waals surface area contributed by atoms with Crippen LogP contribution < -0.4 is 10.5 Å². The number of methoxy groups -OCH3 is 1. The van der Waals surface area contributed by atoms with Crippen LogP contribution in [0.5, 0.6) is 5.75 Å². The van der Waals surface area contributed by atoms with E-state index < -0.39 is 0 Å². The molecule has 2 saturated heterocycles. The second-order valence-corrected chi connectivity index (χ2v) is 8.04. The van der Waals surface area contributed by atoms with Gasteiger partial charge in [0.25, 0.3) is 0 Å². The van der Waals surface area contributed by atoms with Crippen LogP contribution in [0.4, 0.5) is 0 Å². The third kappa shape index (κ3) is 4.26. The summed E-state index contributed by atoms with van der Waals surface area (Å²) in [6.45, 7) is 6.32. The minimum Gasteiger partial charge on any atom is -0.496 e. The number of piperidine rings is 1. The summed E-state index contributed by atoms with van der Waals surface area (Å²) in [5, 5.41) is 0.716. The maximum Gasteiger partial charge on any atom is 0.191 e. The van der Waals surface area contributed by atoms with Gasteiger partial charge in [-0.3, -0.25) is 4.99 Å². The summed E-state index contributed by atoms with van der Waals surface area (Å²) in [7, 11) is 1.70. The van der Waals surface area contributed by atoms with E-state index >= 15 is 0 Å². The van der Waals surface area contributed by atoms with Gasteiger partial charge in [0.2, 0.25) is 0 Å². The molecular formula is C20H30ClN3O2. The Morgan fingerprint density at radius 3 is 2.88 bits per heavy atom. The number of likely N-dealkylation sites (tertiary alicyclic amines) is 1. The standard InChI is InChI=1S/C20H30ClN3O2/c1-15-4-3-9-24(13-15)19(22)23-14-20(7-10-26-11-8-20)17-12-16(21)5-6-18(17)25-2/h5-6,12,15H,3-4,7-11,13-14H2,1-2H3,(H2,22,23). The topological polar surface area (TPSA) is 60.1 Å². The van der Waals surface area contributed by atoms with Gasteiger partial charge in [-0.2, -0.15) is 0 Å². The molecule has 1 unspecified atom stereocenters. The molecule has 0 amide bonds. The Morgan fingerprint density at radius 1 is 1.42 bits per heavy atom. The molecule has 6 heteroatoms. The summed E-state index contributed by atoms with van der Waals surface area (Å²) in [5.74, 6) is 2.18. The molecular weight excluding hydrogens is 350 g/mol. The lowest BCUT2D eigenvalue weighted by atomic mass is 9.73. The first-order chi connectivity index (χ1) is 12.5. The Hall–Kier alpha value is -1.46. The van der Waals surface area contributed by atoms with Crippen molar-refractivity contribution in [3.63, 3.8) is 0 Å². The van der Waals surface area contributed by atoms with Crippen molar-refractivity contribution in [1.82, 2.24) is 4.90 Å². The Kier molecular flexibility index (Phi) is 6.30. The van der Waals surface area contributed by atoms with Gasteiger partial charge < -0.3 is 20.1 Å². The van der Waals surface area contributed by atoms with E-state index in [0.29, 0.717) is 36.7 Å². The highest BCUT2D eigenvalue weighted by molar-refractivity contribution is 6.30. The van der Waals surface area contributed by atoms with Gasteiger partial charge in [0.15, 0.2) is 5.96 Å². The zero-order chi connectivity index (χ0) is 18.6. The minimum absolute atomic E-state index is 0.152. The molecule has 1 atom stereocenters. The summed E-state index contributed by atoms with van der Waals surface area (Å²) >= 11 is 6.30. The molecule has 3 rings (SSSR count). The van der Waals surface area contributed by atoms with Crippen molar-refractivity contribution < 1.29 is 9.47 Å². The number of nitrogens with two attached hydrogens (primary N) is 1. The fourth-order valence-electron chi connectivity index (χ4n) is 4.10. The monoisotopic (exact) mass is 379 g/mol. The van der Waals surface area contributed by atoms with Gasteiger partial charge in [0.1, 0.15) is 5.75 Å². The SMILES string of the molecule is COc1ccc(Cl)cc1C1(CN=C(N)N2CCCC(C)C2)CCOCC1. The molecule has 2 aliphatic heterocycles. The Balaban J connectivity index is 1.86. The fourth-order valence-corrected chi connectivity index (χ4v) is 4.27. The number of aliphatic imine (C=N–C) groups is 1. The summed E-state index contributed by atoms with van der Waals surface area (Å²) < 4.78 is 11.2. The summed E-state index contributed by atoms with van der Waals surface area (Å²) in [6, 6.07) is 5.82. The van der Waals surface area contributed by atoms with Gasteiger partial charge in [-0.25, -0.2) is 0 Å². The Morgan fingerprint density at radius 2 is 2.19 bits per heavy atom. The van der Waals surface area contributed by atoms with Crippen LogP contribution in [0.15, 0.2) is 23.2 Å². The maximum absolute atomic E-state index is 6.35. The number of rotatable bonds is 4. The number of halogens is 1. The van der Waals surface area contributed by atoms with Crippen molar-refractivity contribution in [3.8, 4) is 5.75 Å². The largest absolute Gasteiger partial charge is 0.496 e. The molecule has 0 aromatic heterocycles. The van der Waals surface area contributed by atoms with Crippen LogP contribution in [0.2, 0.25) is 5.02 Å². The molecule has 144 valence electrons. The average molecular weight is 380 g/mol. The van der Waals surface area contributed by atoms with Crippen LogP contribution in [0.3, 0.4) is 0 Å². The van der Waals surface area contributed by atoms with Crippen molar-refractivity contribution >= 4 is 17.6 Å². The third-order valence-corrected chi connectivity index (χ3v) is 5.94. The van der Waals surface area contributed by atoms with E-state index in [9.17, 15) is 0 Å². The maximum atomic E-state index is 6.35. The highest BCUT2D eigenvalue weighted by Gasteiger charge is 2.37. The van der Waals surface area contributed by atoms with E-state index in [1.54, 1.807) is 7.11 Å². The molecule has 2 aliphatic rings. The molecule has 2 N–H and O–H groups in total. The summed E-state index contributed by atoms with van der Waals surface area (Å²) in [6.07, 6.45) is 4.22. The zero-order valence-electron chi connectivity index (χ0n) is 15.8. The smallest absolute Gasteiger partial charge is 0.191 e. The average Bonchev–Trinajstić information content (AvgIpc) is 2.67. The second-order valence-electron chi connectivity index (χ2n) is 7.61. The third-order valence-electron chi connectivity index (χ3n) is 5.71. The van der Waals surface area contributed by atoms with E-state index in [1.165, 1.54) is 12.8 Å². The molecule has 0 saturated carbocycles. The molecule has 26 heavy (non-hydrogen) atoms. The number of nitrogens with zero attached hydrogens (tertiary/aromatic N) is 2. The Bertz CT molecular complexity index is 644. The first-order valence-electron chi connectivity index (χ1n) is 9.51. The molecule has 0 aliphatic carbocycles. The predicted molar refractivity (Wildman–Crippen MR) is 106 cm³/mol. The lowest BCUT2D eigenvalue weighted by molar-refractivity contribution is 0.0522. The fraction of sp³-hybridized carbons (Fsp3) is 0.650. The first-order valence-corrected chi connectivity index (χ1v) is 9.88. The number of guanidine groups is 1. The zero-order valence-corrected chi connectivity index (χ0v) is 16.6. The van der Waals surface area contributed by atoms with Crippen molar-refractivity contribution in [2.45, 2.75) is 38.0 Å². The van der Waals surface area contributed by atoms with Gasteiger partial charge >= 0.3 is 0 Å². The minimum atomic E-state index is -0.152. The van der Waals surface area contributed by atoms with Gasteiger partial charge in [-0.1, -0.05) is 18.5 Å². The highest BCUT2D eigenvalue weighted by Crippen LogP contribution is 2.41. The lowest BCUT2D eigenvalue weighted by Crippen LogP contribution is -2.45. The summed E-state index contributed by atoms with van der Waals surface area (Å²) in [5.41, 5.74) is 7.31. The molecule has 0 bridgehead atoms. The lowest BCUT2D eigenvalue weighted by Gasteiger charge is -2.38. The molecule has 0 spiro atoms. The van der Waals surface area contributed by atoms with E-state index in [0.717, 1.165) is 37.2 Å². The van der Waals surface area contributed by atoms with Crippen molar-refractivity contribution in [2.24, 2.45) is 16.6 Å². The van der Waals surface area contributed by atoms with Crippen LogP contribution in [0.25, 0.3) is 0 Å². The molecule has 1 aromatic carbocycles. The number of hydrogen-bond acceptors (Lipinski definition) is 3. The normalized spacial score (nSPS) is 23.7. The Labute approximate surface area is 161 Å². The van der Waals surface area contributed by atoms with Crippen LogP contribution >= 0.6 is 11.6 Å². The van der Waals surface area contributed by atoms with Crippen LogP contribution in [0.1, 0.15) is 38.2 Å². The molecule has 1 aromatic rings. The second kappa shape index (κ2) is 8.49. The number of benzene rings is 1. The van der Waals surface area contributed by atoms with E-state index in [4.69, 9.17) is 31.8 Å². The quantitative estimate of drug-likeness (QED) is 0.643. The van der Waals surface area contributed by atoms with Gasteiger partial charge in [0, 0.05) is 42.3 Å². The summed E-state index contributed by atoms with van der Waals surface area (Å²) in [4.78, 5) is 7.04. The van der Waals surface area contributed by atoms with Crippen molar-refractivity contribution in [1.29, 1.82) is 0 Å². The number of hydrogen-bond donors (Lipinski definition) is 1. The van der Waals surface area contributed by atoms with E-state index in [-0.39, 0.29) is 5.41 Å². The first kappa shape index (κ1) is 19.3.